The van der Waals surface area contributed by atoms with Crippen molar-refractivity contribution in [2.45, 2.75) is 45.1 Å². The normalized spacial score (nSPS) is 12.7. The van der Waals surface area contributed by atoms with Crippen LogP contribution in [-0.4, -0.2) is 18.6 Å². The maximum absolute atomic E-state index is 12.3. The van der Waals surface area contributed by atoms with Gasteiger partial charge in [-0.25, -0.2) is 5.48 Å². The van der Waals surface area contributed by atoms with E-state index in [-0.39, 0.29) is 11.8 Å². The largest absolute Gasteiger partial charge is 0.496 e. The van der Waals surface area contributed by atoms with E-state index in [1.807, 2.05) is 50.4 Å². The molecule has 1 atom stereocenters. The van der Waals surface area contributed by atoms with Gasteiger partial charge in [-0.1, -0.05) is 30.3 Å². The Hall–Kier alpha value is -1.85. The van der Waals surface area contributed by atoms with Crippen LogP contribution >= 0.6 is 11.3 Å². The van der Waals surface area contributed by atoms with Gasteiger partial charge in [-0.05, 0) is 38.8 Å². The number of benzene rings is 1. The van der Waals surface area contributed by atoms with Gasteiger partial charge in [-0.15, -0.1) is 11.3 Å². The van der Waals surface area contributed by atoms with E-state index in [2.05, 4.69) is 17.6 Å². The lowest BCUT2D eigenvalue weighted by Crippen LogP contribution is -2.34. The zero-order valence-electron chi connectivity index (χ0n) is 14.7. The number of thiophene rings is 1. The highest BCUT2D eigenvalue weighted by Gasteiger charge is 2.21. The molecule has 0 fully saturated rings. The van der Waals surface area contributed by atoms with Gasteiger partial charge in [0.1, 0.15) is 5.75 Å². The van der Waals surface area contributed by atoms with Gasteiger partial charge in [0.25, 0.3) is 0 Å². The lowest BCUT2D eigenvalue weighted by molar-refractivity contribution is -0.145. The molecule has 24 heavy (non-hydrogen) atoms. The summed E-state index contributed by atoms with van der Waals surface area (Å²) in [5, 5.41) is 1.97. The van der Waals surface area contributed by atoms with E-state index in [1.54, 1.807) is 18.4 Å². The number of amides is 1. The molecule has 1 amide bonds. The Morgan fingerprint density at radius 1 is 1.25 bits per heavy atom. The first kappa shape index (κ1) is 18.5. The lowest BCUT2D eigenvalue weighted by Gasteiger charge is -2.21. The molecule has 2 rings (SSSR count). The molecule has 5 heteroatoms. The number of hydroxylamine groups is 1. The summed E-state index contributed by atoms with van der Waals surface area (Å²) in [6.45, 7) is 5.70. The Labute approximate surface area is 147 Å². The molecule has 1 aromatic heterocycles. The second-order valence-electron chi connectivity index (χ2n) is 6.72. The molecule has 2 aromatic rings. The summed E-state index contributed by atoms with van der Waals surface area (Å²) in [5.74, 6) is 0.808. The van der Waals surface area contributed by atoms with Gasteiger partial charge in [0, 0.05) is 22.6 Å². The molecular weight excluding hydrogens is 322 g/mol. The van der Waals surface area contributed by atoms with Crippen LogP contribution in [-0.2, 0) is 16.1 Å². The monoisotopic (exact) mass is 347 g/mol. The van der Waals surface area contributed by atoms with E-state index >= 15 is 0 Å². The fraction of sp³-hybridized carbons (Fsp3) is 0.421. The molecule has 1 heterocycles. The summed E-state index contributed by atoms with van der Waals surface area (Å²) in [4.78, 5) is 18.8. The maximum Gasteiger partial charge on any atom is 0.244 e. The van der Waals surface area contributed by atoms with Crippen LogP contribution in [0.15, 0.2) is 41.8 Å². The van der Waals surface area contributed by atoms with E-state index in [9.17, 15) is 4.79 Å². The van der Waals surface area contributed by atoms with Crippen molar-refractivity contribution in [3.05, 3.63) is 52.2 Å². The first-order chi connectivity index (χ1) is 11.4. The van der Waals surface area contributed by atoms with Crippen LogP contribution in [0, 0.1) is 0 Å². The van der Waals surface area contributed by atoms with Crippen molar-refractivity contribution in [1.82, 2.24) is 5.48 Å². The highest BCUT2D eigenvalue weighted by Crippen LogP contribution is 2.32. The van der Waals surface area contributed by atoms with Gasteiger partial charge in [-0.2, -0.15) is 0 Å². The molecule has 1 N–H and O–H groups in total. The predicted molar refractivity (Wildman–Crippen MR) is 97.4 cm³/mol. The van der Waals surface area contributed by atoms with E-state index in [4.69, 9.17) is 9.57 Å². The Balaban J connectivity index is 2.09. The second kappa shape index (κ2) is 8.31. The molecule has 0 spiro atoms. The molecule has 0 aliphatic rings. The van der Waals surface area contributed by atoms with Crippen LogP contribution in [0.3, 0.4) is 0 Å². The van der Waals surface area contributed by atoms with Crippen LogP contribution in [0.5, 0.6) is 5.75 Å². The van der Waals surface area contributed by atoms with Gasteiger partial charge >= 0.3 is 0 Å². The summed E-state index contributed by atoms with van der Waals surface area (Å²) in [5.41, 5.74) is 3.37. The van der Waals surface area contributed by atoms with Crippen molar-refractivity contribution < 1.29 is 14.4 Å². The number of hydrogen-bond acceptors (Lipinski definition) is 4. The highest BCUT2D eigenvalue weighted by atomic mass is 32.1. The molecule has 130 valence electrons. The van der Waals surface area contributed by atoms with E-state index in [1.165, 1.54) is 5.56 Å². The lowest BCUT2D eigenvalue weighted by atomic mass is 9.94. The fourth-order valence-electron chi connectivity index (χ4n) is 2.30. The molecule has 1 aromatic carbocycles. The molecule has 0 saturated carbocycles. The summed E-state index contributed by atoms with van der Waals surface area (Å²) in [6.07, 6.45) is 1.17. The van der Waals surface area contributed by atoms with Crippen molar-refractivity contribution >= 4 is 17.2 Å². The molecule has 4 nitrogen and oxygen atoms in total. The molecule has 0 saturated heterocycles. The standard InChI is InChI=1S/C19H25NO3S/c1-19(2,3)23-20-18(21)11-15(10-14-8-6-5-7-9-14)17-12-16(22-4)13-24-17/h5-9,12-13,15H,10-11H2,1-4H3,(H,20,21). The molecule has 0 radical (unpaired) electrons. The zero-order valence-corrected chi connectivity index (χ0v) is 15.5. The Kier molecular flexibility index (Phi) is 6.40. The SMILES string of the molecule is COc1csc(C(CC(=O)NOC(C)(C)C)Cc2ccccc2)c1. The molecular formula is C19H25NO3S. The van der Waals surface area contributed by atoms with Crippen molar-refractivity contribution in [1.29, 1.82) is 0 Å². The van der Waals surface area contributed by atoms with Crippen molar-refractivity contribution in [3.63, 3.8) is 0 Å². The Bertz CT molecular complexity index is 646. The topological polar surface area (TPSA) is 47.6 Å². The molecule has 1 unspecified atom stereocenters. The highest BCUT2D eigenvalue weighted by molar-refractivity contribution is 7.10. The quantitative estimate of drug-likeness (QED) is 0.759. The van der Waals surface area contributed by atoms with Gasteiger partial charge in [0.05, 0.1) is 12.7 Å². The van der Waals surface area contributed by atoms with Crippen LogP contribution in [0.1, 0.15) is 43.6 Å². The minimum atomic E-state index is -0.406. The molecule has 0 aliphatic carbocycles. The van der Waals surface area contributed by atoms with E-state index in [0.29, 0.717) is 6.42 Å². The Morgan fingerprint density at radius 2 is 1.96 bits per heavy atom. The van der Waals surface area contributed by atoms with Crippen molar-refractivity contribution in [2.75, 3.05) is 7.11 Å². The van der Waals surface area contributed by atoms with Gasteiger partial charge in [0.15, 0.2) is 0 Å². The second-order valence-corrected chi connectivity index (χ2v) is 7.66. The van der Waals surface area contributed by atoms with Gasteiger partial charge in [-0.3, -0.25) is 9.63 Å². The number of carbonyl (C=O) groups excluding carboxylic acids is 1. The number of hydrogen-bond donors (Lipinski definition) is 1. The van der Waals surface area contributed by atoms with E-state index in [0.717, 1.165) is 17.0 Å². The summed E-state index contributed by atoms with van der Waals surface area (Å²) >= 11 is 1.62. The summed E-state index contributed by atoms with van der Waals surface area (Å²) < 4.78 is 5.28. The summed E-state index contributed by atoms with van der Waals surface area (Å²) in [7, 11) is 1.65. The minimum Gasteiger partial charge on any atom is -0.496 e. The Morgan fingerprint density at radius 3 is 2.54 bits per heavy atom. The third-order valence-corrected chi connectivity index (χ3v) is 4.54. The van der Waals surface area contributed by atoms with Crippen LogP contribution in [0.4, 0.5) is 0 Å². The minimum absolute atomic E-state index is 0.0878. The third-order valence-electron chi connectivity index (χ3n) is 3.46. The van der Waals surface area contributed by atoms with E-state index < -0.39 is 5.60 Å². The number of carbonyl (C=O) groups is 1. The first-order valence-corrected chi connectivity index (χ1v) is 8.88. The smallest absolute Gasteiger partial charge is 0.244 e. The maximum atomic E-state index is 12.3. The van der Waals surface area contributed by atoms with Gasteiger partial charge in [0.2, 0.25) is 5.91 Å². The zero-order chi connectivity index (χ0) is 17.6. The molecule has 0 aliphatic heterocycles. The predicted octanol–water partition coefficient (Wildman–Crippen LogP) is 4.32. The summed E-state index contributed by atoms with van der Waals surface area (Å²) in [6, 6.07) is 12.2. The van der Waals surface area contributed by atoms with Crippen LogP contribution < -0.4 is 10.2 Å². The van der Waals surface area contributed by atoms with Crippen molar-refractivity contribution in [2.24, 2.45) is 0 Å². The number of nitrogens with one attached hydrogen (secondary N) is 1. The molecule has 0 bridgehead atoms. The van der Waals surface area contributed by atoms with Crippen LogP contribution in [0.2, 0.25) is 0 Å². The fourth-order valence-corrected chi connectivity index (χ4v) is 3.26. The first-order valence-electron chi connectivity index (χ1n) is 8.00. The number of ether oxygens (including phenoxy) is 1. The average molecular weight is 347 g/mol. The average Bonchev–Trinajstić information content (AvgIpc) is 3.02. The van der Waals surface area contributed by atoms with Gasteiger partial charge < -0.3 is 4.74 Å². The number of methoxy groups -OCH3 is 1. The van der Waals surface area contributed by atoms with Crippen LogP contribution in [0.25, 0.3) is 0 Å². The number of rotatable bonds is 7. The van der Waals surface area contributed by atoms with Crippen molar-refractivity contribution in [3.8, 4) is 5.75 Å². The third kappa shape index (κ3) is 5.98.